The van der Waals surface area contributed by atoms with E-state index < -0.39 is 0 Å². The summed E-state index contributed by atoms with van der Waals surface area (Å²) < 4.78 is 0. The first-order valence-corrected chi connectivity index (χ1v) is 7.43. The predicted octanol–water partition coefficient (Wildman–Crippen LogP) is 4.63. The Morgan fingerprint density at radius 3 is 2.52 bits per heavy atom. The molecular weight excluding hydrogens is 258 g/mol. The monoisotopic (exact) mass is 279 g/mol. The first-order chi connectivity index (χ1) is 9.92. The average Bonchev–Trinajstić information content (AvgIpc) is 2.73. The van der Waals surface area contributed by atoms with Gasteiger partial charge < -0.3 is 5.32 Å². The average molecular weight is 279 g/mol. The molecule has 21 heavy (non-hydrogen) atoms. The van der Waals surface area contributed by atoms with Gasteiger partial charge in [-0.05, 0) is 46.2 Å². The molecule has 0 fully saturated rings. The van der Waals surface area contributed by atoms with Gasteiger partial charge in [0.2, 0.25) is 5.91 Å². The molecule has 1 N–H and O–H groups in total. The third-order valence-corrected chi connectivity index (χ3v) is 3.77. The quantitative estimate of drug-likeness (QED) is 0.728. The third kappa shape index (κ3) is 2.99. The summed E-state index contributed by atoms with van der Waals surface area (Å²) in [5, 5.41) is 3.02. The van der Waals surface area contributed by atoms with Crippen molar-refractivity contribution in [3.63, 3.8) is 0 Å². The molecule has 2 nitrogen and oxygen atoms in total. The predicted molar refractivity (Wildman–Crippen MR) is 87.4 cm³/mol. The molecule has 0 aliphatic heterocycles. The van der Waals surface area contributed by atoms with E-state index in [0.29, 0.717) is 6.42 Å². The number of benzene rings is 2. The number of carbonyl (C=O) groups is 1. The lowest BCUT2D eigenvalue weighted by atomic mass is 9.92. The summed E-state index contributed by atoms with van der Waals surface area (Å²) in [5.74, 6) is 0.0814. The van der Waals surface area contributed by atoms with E-state index in [1.807, 2.05) is 6.07 Å². The fourth-order valence-corrected chi connectivity index (χ4v) is 2.91. The highest BCUT2D eigenvalue weighted by Crippen LogP contribution is 2.37. The van der Waals surface area contributed by atoms with Gasteiger partial charge in [0.1, 0.15) is 0 Å². The van der Waals surface area contributed by atoms with E-state index in [-0.39, 0.29) is 11.3 Å². The Morgan fingerprint density at radius 2 is 1.76 bits per heavy atom. The lowest BCUT2D eigenvalue weighted by molar-refractivity contribution is -0.117. The Labute approximate surface area is 126 Å². The molecule has 3 rings (SSSR count). The summed E-state index contributed by atoms with van der Waals surface area (Å²) in [5.41, 5.74) is 6.18. The van der Waals surface area contributed by atoms with Crippen molar-refractivity contribution in [3.05, 3.63) is 53.6 Å². The number of nitrogens with one attached hydrogen (secondary N) is 1. The first kappa shape index (κ1) is 13.9. The highest BCUT2D eigenvalue weighted by Gasteiger charge is 2.19. The van der Waals surface area contributed by atoms with Crippen LogP contribution in [0.3, 0.4) is 0 Å². The Bertz CT molecular complexity index is 695. The number of fused-ring (bicyclic) bond motifs is 3. The largest absolute Gasteiger partial charge is 0.326 e. The number of rotatable bonds is 2. The van der Waals surface area contributed by atoms with Crippen molar-refractivity contribution >= 4 is 11.6 Å². The highest BCUT2D eigenvalue weighted by molar-refractivity contribution is 5.92. The van der Waals surface area contributed by atoms with Crippen molar-refractivity contribution in [3.8, 4) is 11.1 Å². The van der Waals surface area contributed by atoms with Crippen molar-refractivity contribution in [2.75, 3.05) is 5.32 Å². The SMILES string of the molecule is CC(C)(C)CC(=O)Nc1ccc2c(c1)Cc1ccccc1-2. The number of hydrogen-bond donors (Lipinski definition) is 1. The molecule has 2 aromatic rings. The van der Waals surface area contributed by atoms with Gasteiger partial charge in [0.25, 0.3) is 0 Å². The summed E-state index contributed by atoms with van der Waals surface area (Å²) in [4.78, 5) is 12.0. The number of hydrogen-bond acceptors (Lipinski definition) is 1. The topological polar surface area (TPSA) is 29.1 Å². The van der Waals surface area contributed by atoms with Crippen LogP contribution >= 0.6 is 0 Å². The Kier molecular flexibility index (Phi) is 3.32. The van der Waals surface area contributed by atoms with Crippen LogP contribution in [0, 0.1) is 5.41 Å². The molecule has 0 radical (unpaired) electrons. The van der Waals surface area contributed by atoms with Crippen LogP contribution in [0.5, 0.6) is 0 Å². The molecule has 0 bridgehead atoms. The van der Waals surface area contributed by atoms with Gasteiger partial charge in [-0.25, -0.2) is 0 Å². The molecule has 2 aromatic carbocycles. The van der Waals surface area contributed by atoms with Gasteiger partial charge in [0.05, 0.1) is 0 Å². The van der Waals surface area contributed by atoms with Gasteiger partial charge in [0, 0.05) is 12.1 Å². The second-order valence-corrected chi connectivity index (χ2v) is 6.99. The summed E-state index contributed by atoms with van der Waals surface area (Å²) in [6.07, 6.45) is 1.48. The molecule has 0 unspecified atom stereocenters. The van der Waals surface area contributed by atoms with E-state index in [4.69, 9.17) is 0 Å². The van der Waals surface area contributed by atoms with Gasteiger partial charge in [0.15, 0.2) is 0 Å². The maximum atomic E-state index is 12.0. The van der Waals surface area contributed by atoms with Crippen LogP contribution in [-0.4, -0.2) is 5.91 Å². The van der Waals surface area contributed by atoms with Crippen LogP contribution in [0.4, 0.5) is 5.69 Å². The molecule has 0 saturated heterocycles. The number of anilines is 1. The molecule has 108 valence electrons. The molecule has 1 amide bonds. The van der Waals surface area contributed by atoms with Gasteiger partial charge in [-0.2, -0.15) is 0 Å². The standard InChI is InChI=1S/C19H21NO/c1-19(2,3)12-18(21)20-15-8-9-17-14(11-15)10-13-6-4-5-7-16(13)17/h4-9,11H,10,12H2,1-3H3,(H,20,21). The van der Waals surface area contributed by atoms with Gasteiger partial charge in [-0.3, -0.25) is 4.79 Å². The zero-order valence-corrected chi connectivity index (χ0v) is 12.9. The van der Waals surface area contributed by atoms with Crippen LogP contribution in [-0.2, 0) is 11.2 Å². The molecule has 2 heteroatoms. The van der Waals surface area contributed by atoms with Crippen molar-refractivity contribution in [1.82, 2.24) is 0 Å². The highest BCUT2D eigenvalue weighted by atomic mass is 16.1. The minimum atomic E-state index is 0.0110. The maximum absolute atomic E-state index is 12.0. The van der Waals surface area contributed by atoms with Gasteiger partial charge in [-0.15, -0.1) is 0 Å². The second-order valence-electron chi connectivity index (χ2n) is 6.99. The summed E-state index contributed by atoms with van der Waals surface area (Å²) in [6, 6.07) is 14.7. The molecule has 0 spiro atoms. The van der Waals surface area contributed by atoms with Crippen molar-refractivity contribution in [1.29, 1.82) is 0 Å². The lowest BCUT2D eigenvalue weighted by Gasteiger charge is -2.17. The van der Waals surface area contributed by atoms with E-state index in [2.05, 4.69) is 62.5 Å². The van der Waals surface area contributed by atoms with E-state index in [1.165, 1.54) is 22.3 Å². The van der Waals surface area contributed by atoms with Crippen LogP contribution in [0.2, 0.25) is 0 Å². The second kappa shape index (κ2) is 5.03. The Morgan fingerprint density at radius 1 is 1.05 bits per heavy atom. The van der Waals surface area contributed by atoms with Crippen LogP contribution in [0.1, 0.15) is 38.3 Å². The molecule has 0 aromatic heterocycles. The summed E-state index contributed by atoms with van der Waals surface area (Å²) in [7, 11) is 0. The molecular formula is C19H21NO. The molecule has 0 heterocycles. The van der Waals surface area contributed by atoms with E-state index in [1.54, 1.807) is 0 Å². The number of amides is 1. The van der Waals surface area contributed by atoms with Crippen LogP contribution in [0.25, 0.3) is 11.1 Å². The van der Waals surface area contributed by atoms with Crippen molar-refractivity contribution in [2.45, 2.75) is 33.6 Å². The fourth-order valence-electron chi connectivity index (χ4n) is 2.91. The fraction of sp³-hybridized carbons (Fsp3) is 0.316. The molecule has 0 atom stereocenters. The molecule has 1 aliphatic rings. The molecule has 1 aliphatic carbocycles. The van der Waals surface area contributed by atoms with Crippen molar-refractivity contribution < 1.29 is 4.79 Å². The van der Waals surface area contributed by atoms with Gasteiger partial charge in [-0.1, -0.05) is 51.1 Å². The minimum absolute atomic E-state index is 0.0110. The summed E-state index contributed by atoms with van der Waals surface area (Å²) in [6.45, 7) is 6.23. The summed E-state index contributed by atoms with van der Waals surface area (Å²) >= 11 is 0. The smallest absolute Gasteiger partial charge is 0.224 e. The Hall–Kier alpha value is -2.09. The number of carbonyl (C=O) groups excluding carboxylic acids is 1. The molecule has 0 saturated carbocycles. The van der Waals surface area contributed by atoms with E-state index in [0.717, 1.165) is 12.1 Å². The van der Waals surface area contributed by atoms with Crippen LogP contribution in [0.15, 0.2) is 42.5 Å². The zero-order chi connectivity index (χ0) is 15.0. The first-order valence-electron chi connectivity index (χ1n) is 7.43. The van der Waals surface area contributed by atoms with Gasteiger partial charge >= 0.3 is 0 Å². The minimum Gasteiger partial charge on any atom is -0.326 e. The lowest BCUT2D eigenvalue weighted by Crippen LogP contribution is -2.19. The Balaban J connectivity index is 1.80. The maximum Gasteiger partial charge on any atom is 0.224 e. The van der Waals surface area contributed by atoms with E-state index >= 15 is 0 Å². The third-order valence-electron chi connectivity index (χ3n) is 3.77. The van der Waals surface area contributed by atoms with Crippen LogP contribution < -0.4 is 5.32 Å². The van der Waals surface area contributed by atoms with Crippen molar-refractivity contribution in [2.24, 2.45) is 5.41 Å². The normalized spacial score (nSPS) is 12.7. The zero-order valence-electron chi connectivity index (χ0n) is 12.9. The van der Waals surface area contributed by atoms with E-state index in [9.17, 15) is 4.79 Å².